The molecule has 2 aromatic carbocycles. The van der Waals surface area contributed by atoms with Crippen molar-refractivity contribution >= 4 is 21.6 Å². The van der Waals surface area contributed by atoms with Crippen molar-refractivity contribution < 1.29 is 13.2 Å². The molecule has 3 aliphatic rings. The van der Waals surface area contributed by atoms with Gasteiger partial charge < -0.3 is 5.32 Å². The van der Waals surface area contributed by atoms with Gasteiger partial charge in [-0.2, -0.15) is 0 Å². The molecule has 30 heavy (non-hydrogen) atoms. The van der Waals surface area contributed by atoms with Gasteiger partial charge in [0.1, 0.15) is 0 Å². The molecule has 2 aliphatic carbocycles. The molecule has 6 heteroatoms. The van der Waals surface area contributed by atoms with Gasteiger partial charge in [0.15, 0.2) is 0 Å². The van der Waals surface area contributed by atoms with Gasteiger partial charge in [-0.05, 0) is 72.3 Å². The zero-order chi connectivity index (χ0) is 20.9. The number of fused-ring (bicyclic) bond motifs is 5. The van der Waals surface area contributed by atoms with Crippen LogP contribution in [0.4, 0.5) is 5.69 Å². The second kappa shape index (κ2) is 7.41. The maximum Gasteiger partial charge on any atom is 0.264 e. The minimum atomic E-state index is -3.84. The van der Waals surface area contributed by atoms with Crippen LogP contribution in [0.3, 0.4) is 0 Å². The second-order valence-corrected chi connectivity index (χ2v) is 10.7. The lowest BCUT2D eigenvalue weighted by Gasteiger charge is -2.49. The van der Waals surface area contributed by atoms with Crippen molar-refractivity contribution in [3.8, 4) is 0 Å². The number of anilines is 1. The number of rotatable bonds is 3. The third kappa shape index (κ3) is 3.31. The standard InChI is InChI=1S/C24H28N2O3S/c1-15(27)26-30(28,29)18-11-13-22-21(14-18)20-12-10-16-8-5-9-19(16)23(20)24(25-22)17-6-3-2-4-7-17/h2-4,6-7,11,13-14,16,19-20,23-25H,5,8-10,12H2,1H3,(H,26,27). The van der Waals surface area contributed by atoms with Crippen molar-refractivity contribution in [2.45, 2.75) is 55.9 Å². The topological polar surface area (TPSA) is 75.3 Å². The number of carbonyl (C=O) groups is 1. The molecular formula is C24H28N2O3S. The fourth-order valence-electron chi connectivity index (χ4n) is 6.28. The summed E-state index contributed by atoms with van der Waals surface area (Å²) in [5.41, 5.74) is 3.41. The van der Waals surface area contributed by atoms with Gasteiger partial charge in [-0.1, -0.05) is 43.2 Å². The van der Waals surface area contributed by atoms with Crippen LogP contribution in [-0.2, 0) is 14.8 Å². The highest BCUT2D eigenvalue weighted by molar-refractivity contribution is 7.90. The zero-order valence-corrected chi connectivity index (χ0v) is 18.0. The predicted molar refractivity (Wildman–Crippen MR) is 117 cm³/mol. The third-order valence-corrected chi connectivity index (χ3v) is 8.82. The molecule has 5 unspecified atom stereocenters. The lowest BCUT2D eigenvalue weighted by Crippen LogP contribution is -2.41. The summed E-state index contributed by atoms with van der Waals surface area (Å²) in [5.74, 6) is 1.68. The summed E-state index contributed by atoms with van der Waals surface area (Å²) in [5, 5.41) is 3.76. The fraction of sp³-hybridized carbons (Fsp3) is 0.458. The summed E-state index contributed by atoms with van der Waals surface area (Å²) in [4.78, 5) is 11.5. The lowest BCUT2D eigenvalue weighted by atomic mass is 9.60. The van der Waals surface area contributed by atoms with Crippen molar-refractivity contribution in [2.24, 2.45) is 17.8 Å². The van der Waals surface area contributed by atoms with E-state index >= 15 is 0 Å². The Labute approximate surface area is 178 Å². The summed E-state index contributed by atoms with van der Waals surface area (Å²) in [6.07, 6.45) is 6.18. The zero-order valence-electron chi connectivity index (χ0n) is 17.2. The molecule has 2 saturated carbocycles. The van der Waals surface area contributed by atoms with Gasteiger partial charge in [-0.3, -0.25) is 4.79 Å². The van der Waals surface area contributed by atoms with E-state index in [1.807, 2.05) is 6.07 Å². The summed E-state index contributed by atoms with van der Waals surface area (Å²) in [6, 6.07) is 16.2. The van der Waals surface area contributed by atoms with E-state index in [4.69, 9.17) is 0 Å². The first kappa shape index (κ1) is 19.6. The lowest BCUT2D eigenvalue weighted by molar-refractivity contribution is -0.117. The molecule has 158 valence electrons. The molecule has 1 aliphatic heterocycles. The minimum Gasteiger partial charge on any atom is -0.378 e. The number of carbonyl (C=O) groups excluding carboxylic acids is 1. The van der Waals surface area contributed by atoms with E-state index < -0.39 is 15.9 Å². The Balaban J connectivity index is 1.59. The fourth-order valence-corrected chi connectivity index (χ4v) is 7.31. The van der Waals surface area contributed by atoms with E-state index in [0.717, 1.165) is 23.6 Å². The van der Waals surface area contributed by atoms with Gasteiger partial charge in [0.05, 0.1) is 10.9 Å². The van der Waals surface area contributed by atoms with Crippen molar-refractivity contribution in [1.82, 2.24) is 4.72 Å². The van der Waals surface area contributed by atoms with Gasteiger partial charge in [-0.15, -0.1) is 0 Å². The van der Waals surface area contributed by atoms with Gasteiger partial charge in [0.2, 0.25) is 5.91 Å². The van der Waals surface area contributed by atoms with E-state index in [0.29, 0.717) is 17.8 Å². The SMILES string of the molecule is CC(=O)NS(=O)(=O)c1ccc2c(c1)C1CCC3CCCC3C1C(c1ccccc1)N2. The molecule has 2 fully saturated rings. The molecule has 0 aromatic heterocycles. The Morgan fingerprint density at radius 2 is 1.83 bits per heavy atom. The van der Waals surface area contributed by atoms with E-state index in [-0.39, 0.29) is 10.9 Å². The van der Waals surface area contributed by atoms with Crippen LogP contribution in [0.1, 0.15) is 62.1 Å². The molecule has 0 spiro atoms. The minimum absolute atomic E-state index is 0.170. The second-order valence-electron chi connectivity index (χ2n) is 9.06. The van der Waals surface area contributed by atoms with Crippen LogP contribution in [0.5, 0.6) is 0 Å². The molecule has 0 radical (unpaired) electrons. The maximum atomic E-state index is 12.6. The Hall–Kier alpha value is -2.34. The largest absolute Gasteiger partial charge is 0.378 e. The molecule has 5 nitrogen and oxygen atoms in total. The molecular weight excluding hydrogens is 396 g/mol. The first-order valence-corrected chi connectivity index (χ1v) is 12.4. The average Bonchev–Trinajstić information content (AvgIpc) is 3.21. The summed E-state index contributed by atoms with van der Waals surface area (Å²) < 4.78 is 27.3. The van der Waals surface area contributed by atoms with Gasteiger partial charge in [0.25, 0.3) is 10.0 Å². The third-order valence-electron chi connectivity index (χ3n) is 7.39. The summed E-state index contributed by atoms with van der Waals surface area (Å²) in [6.45, 7) is 1.22. The van der Waals surface area contributed by atoms with Crippen LogP contribution in [0.2, 0.25) is 0 Å². The van der Waals surface area contributed by atoms with Crippen molar-refractivity contribution in [3.05, 3.63) is 59.7 Å². The van der Waals surface area contributed by atoms with Crippen LogP contribution in [-0.4, -0.2) is 14.3 Å². The highest BCUT2D eigenvalue weighted by Crippen LogP contribution is 2.59. The van der Waals surface area contributed by atoms with Gasteiger partial charge in [-0.25, -0.2) is 13.1 Å². The molecule has 1 heterocycles. The van der Waals surface area contributed by atoms with Crippen LogP contribution in [0.15, 0.2) is 53.4 Å². The first-order valence-electron chi connectivity index (χ1n) is 10.9. The number of nitrogens with one attached hydrogen (secondary N) is 2. The number of amides is 1. The normalized spacial score (nSPS) is 29.8. The summed E-state index contributed by atoms with van der Waals surface area (Å²) >= 11 is 0. The Kier molecular flexibility index (Phi) is 4.85. The number of hydrogen-bond donors (Lipinski definition) is 2. The van der Waals surface area contributed by atoms with E-state index in [1.165, 1.54) is 38.2 Å². The smallest absolute Gasteiger partial charge is 0.264 e. The van der Waals surface area contributed by atoms with E-state index in [9.17, 15) is 13.2 Å². The predicted octanol–water partition coefficient (Wildman–Crippen LogP) is 4.59. The molecule has 0 saturated heterocycles. The Morgan fingerprint density at radius 3 is 2.60 bits per heavy atom. The van der Waals surface area contributed by atoms with Crippen LogP contribution < -0.4 is 10.0 Å². The molecule has 0 bridgehead atoms. The molecule has 5 atom stereocenters. The van der Waals surface area contributed by atoms with E-state index in [2.05, 4.69) is 40.4 Å². The number of sulfonamides is 1. The number of hydrogen-bond acceptors (Lipinski definition) is 4. The summed E-state index contributed by atoms with van der Waals surface area (Å²) in [7, 11) is -3.84. The van der Waals surface area contributed by atoms with Crippen molar-refractivity contribution in [2.75, 3.05) is 5.32 Å². The van der Waals surface area contributed by atoms with Crippen LogP contribution >= 0.6 is 0 Å². The molecule has 1 amide bonds. The van der Waals surface area contributed by atoms with Crippen LogP contribution in [0.25, 0.3) is 0 Å². The quantitative estimate of drug-likeness (QED) is 0.756. The highest BCUT2D eigenvalue weighted by atomic mass is 32.2. The van der Waals surface area contributed by atoms with Crippen molar-refractivity contribution in [1.29, 1.82) is 0 Å². The Bertz CT molecular complexity index is 1070. The van der Waals surface area contributed by atoms with Gasteiger partial charge >= 0.3 is 0 Å². The molecule has 2 aromatic rings. The van der Waals surface area contributed by atoms with Gasteiger partial charge in [0, 0.05) is 12.6 Å². The molecule has 2 N–H and O–H groups in total. The highest BCUT2D eigenvalue weighted by Gasteiger charge is 2.48. The van der Waals surface area contributed by atoms with E-state index in [1.54, 1.807) is 12.1 Å². The first-order chi connectivity index (χ1) is 14.4. The van der Waals surface area contributed by atoms with Crippen LogP contribution in [0, 0.1) is 17.8 Å². The molecule has 5 rings (SSSR count). The Morgan fingerprint density at radius 1 is 1.03 bits per heavy atom. The average molecular weight is 425 g/mol. The van der Waals surface area contributed by atoms with Crippen molar-refractivity contribution in [3.63, 3.8) is 0 Å². The maximum absolute atomic E-state index is 12.6. The monoisotopic (exact) mass is 424 g/mol. The number of benzene rings is 2.